The molecule has 6 nitrogen and oxygen atoms in total. The number of nitrogens with zero attached hydrogens (tertiary/aromatic N) is 4. The van der Waals surface area contributed by atoms with E-state index in [4.69, 9.17) is 10.5 Å². The van der Waals surface area contributed by atoms with Gasteiger partial charge in [-0.05, 0) is 65.8 Å². The van der Waals surface area contributed by atoms with Crippen LogP contribution in [0.3, 0.4) is 0 Å². The minimum Gasteiger partial charge on any atom is -0.379 e. The van der Waals surface area contributed by atoms with E-state index in [-0.39, 0.29) is 5.60 Å². The zero-order chi connectivity index (χ0) is 20.1. The van der Waals surface area contributed by atoms with E-state index in [1.54, 1.807) is 0 Å². The maximum Gasteiger partial charge on any atom is 0.102 e. The van der Waals surface area contributed by atoms with Crippen LogP contribution in [-0.2, 0) is 10.3 Å². The van der Waals surface area contributed by atoms with Gasteiger partial charge in [-0.3, -0.25) is 0 Å². The average Bonchev–Trinajstić information content (AvgIpc) is 3.11. The van der Waals surface area contributed by atoms with E-state index < -0.39 is 5.54 Å². The summed E-state index contributed by atoms with van der Waals surface area (Å²) in [6, 6.07) is 0.457. The van der Waals surface area contributed by atoms with Gasteiger partial charge in [0.2, 0.25) is 0 Å². The molecule has 1 fully saturated rings. The first kappa shape index (κ1) is 22.3. The third-order valence-corrected chi connectivity index (χ3v) is 6.07. The Morgan fingerprint density at radius 1 is 1.22 bits per heavy atom. The molecular weight excluding hydrogens is 338 g/mol. The minimum absolute atomic E-state index is 0.0158. The van der Waals surface area contributed by atoms with E-state index in [1.807, 2.05) is 31.8 Å². The second-order valence-electron chi connectivity index (χ2n) is 9.63. The second kappa shape index (κ2) is 9.48. The van der Waals surface area contributed by atoms with Crippen molar-refractivity contribution in [1.29, 1.82) is 0 Å². The van der Waals surface area contributed by atoms with Gasteiger partial charge in [0.15, 0.2) is 0 Å². The number of ether oxygens (including phenoxy) is 1. The monoisotopic (exact) mass is 379 g/mol. The van der Waals surface area contributed by atoms with Crippen LogP contribution in [0.25, 0.3) is 0 Å². The largest absolute Gasteiger partial charge is 0.379 e. The summed E-state index contributed by atoms with van der Waals surface area (Å²) in [7, 11) is 1.81. The fraction of sp³-hybridized carbons (Fsp3) is 0.905. The van der Waals surface area contributed by atoms with E-state index in [2.05, 4.69) is 36.0 Å². The molecule has 0 aromatic carbocycles. The highest BCUT2D eigenvalue weighted by Gasteiger charge is 2.24. The maximum atomic E-state index is 6.12. The van der Waals surface area contributed by atoms with Crippen LogP contribution in [0.2, 0.25) is 0 Å². The quantitative estimate of drug-likeness (QED) is 0.671. The molecule has 1 aromatic heterocycles. The molecule has 2 rings (SSSR count). The topological polar surface area (TPSA) is 69.2 Å². The average molecular weight is 380 g/mol. The number of aromatic nitrogens is 3. The van der Waals surface area contributed by atoms with E-state index in [0.717, 1.165) is 44.0 Å². The Hall–Kier alpha value is -0.980. The molecular formula is C21H41N5O. The summed E-state index contributed by atoms with van der Waals surface area (Å²) in [5.74, 6) is 0.778. The van der Waals surface area contributed by atoms with Gasteiger partial charge in [0.05, 0.1) is 23.4 Å². The summed E-state index contributed by atoms with van der Waals surface area (Å²) in [4.78, 5) is 2.61. The lowest BCUT2D eigenvalue weighted by atomic mass is 9.94. The summed E-state index contributed by atoms with van der Waals surface area (Å²) >= 11 is 0. The highest BCUT2D eigenvalue weighted by atomic mass is 16.5. The van der Waals surface area contributed by atoms with Gasteiger partial charge in [0.1, 0.15) is 5.69 Å². The van der Waals surface area contributed by atoms with Gasteiger partial charge in [-0.2, -0.15) is 0 Å². The lowest BCUT2D eigenvalue weighted by Gasteiger charge is -2.32. The first-order valence-corrected chi connectivity index (χ1v) is 10.6. The second-order valence-corrected chi connectivity index (χ2v) is 9.63. The number of hydrogen-bond donors (Lipinski definition) is 1. The fourth-order valence-corrected chi connectivity index (χ4v) is 3.68. The molecule has 1 unspecified atom stereocenters. The molecule has 1 aliphatic rings. The van der Waals surface area contributed by atoms with Gasteiger partial charge in [0, 0.05) is 20.2 Å². The van der Waals surface area contributed by atoms with Gasteiger partial charge in [-0.25, -0.2) is 4.68 Å². The van der Waals surface area contributed by atoms with Crippen LogP contribution in [0, 0.1) is 5.92 Å². The van der Waals surface area contributed by atoms with Crippen molar-refractivity contribution in [2.45, 2.75) is 90.3 Å². The summed E-state index contributed by atoms with van der Waals surface area (Å²) < 4.78 is 7.54. The van der Waals surface area contributed by atoms with Crippen LogP contribution in [0.15, 0.2) is 6.20 Å². The van der Waals surface area contributed by atoms with Crippen LogP contribution in [0.5, 0.6) is 0 Å². The number of nitrogens with two attached hydrogens (primary N) is 1. The third-order valence-electron chi connectivity index (χ3n) is 6.07. The Bertz CT molecular complexity index is 555. The molecule has 1 atom stereocenters. The van der Waals surface area contributed by atoms with Crippen LogP contribution in [-0.4, -0.2) is 52.2 Å². The number of likely N-dealkylation sites (tertiary alicyclic amines) is 1. The van der Waals surface area contributed by atoms with Gasteiger partial charge < -0.3 is 15.4 Å². The van der Waals surface area contributed by atoms with Gasteiger partial charge >= 0.3 is 0 Å². The lowest BCUT2D eigenvalue weighted by molar-refractivity contribution is 0.0126. The van der Waals surface area contributed by atoms with Crippen molar-refractivity contribution >= 4 is 0 Å². The number of hydrogen-bond acceptors (Lipinski definition) is 5. The molecule has 27 heavy (non-hydrogen) atoms. The summed E-state index contributed by atoms with van der Waals surface area (Å²) in [5.41, 5.74) is 6.59. The van der Waals surface area contributed by atoms with E-state index in [0.29, 0.717) is 6.04 Å². The van der Waals surface area contributed by atoms with Crippen molar-refractivity contribution in [1.82, 2.24) is 19.9 Å². The lowest BCUT2D eigenvalue weighted by Crippen LogP contribution is -2.36. The fourth-order valence-electron chi connectivity index (χ4n) is 3.68. The molecule has 2 N–H and O–H groups in total. The molecule has 0 amide bonds. The standard InChI is InChI=1S/C21H41N5O/c1-17(8-7-12-20(2,3)27-6)9-13-25-14-10-18(11-15-25)26-16-19(23-24-26)21(4,5)22/h16-18H,7-15,22H2,1-6H3. The van der Waals surface area contributed by atoms with Crippen molar-refractivity contribution < 1.29 is 4.74 Å². The molecule has 0 radical (unpaired) electrons. The molecule has 1 aromatic rings. The Kier molecular flexibility index (Phi) is 7.83. The van der Waals surface area contributed by atoms with Crippen molar-refractivity contribution in [3.05, 3.63) is 11.9 Å². The molecule has 0 bridgehead atoms. The predicted octanol–water partition coefficient (Wildman–Crippen LogP) is 3.73. The van der Waals surface area contributed by atoms with Crippen molar-refractivity contribution in [2.24, 2.45) is 11.7 Å². The molecule has 6 heteroatoms. The molecule has 2 heterocycles. The van der Waals surface area contributed by atoms with Crippen LogP contribution in [0.4, 0.5) is 0 Å². The zero-order valence-electron chi connectivity index (χ0n) is 18.4. The highest BCUT2D eigenvalue weighted by molar-refractivity contribution is 5.06. The number of methoxy groups -OCH3 is 1. The first-order chi connectivity index (χ1) is 12.6. The van der Waals surface area contributed by atoms with E-state index >= 15 is 0 Å². The van der Waals surface area contributed by atoms with Crippen molar-refractivity contribution in [2.75, 3.05) is 26.7 Å². The highest BCUT2D eigenvalue weighted by Crippen LogP contribution is 2.25. The smallest absolute Gasteiger partial charge is 0.102 e. The van der Waals surface area contributed by atoms with E-state index in [1.165, 1.54) is 25.8 Å². The zero-order valence-corrected chi connectivity index (χ0v) is 18.4. The van der Waals surface area contributed by atoms with Gasteiger partial charge in [0.25, 0.3) is 0 Å². The Labute approximate surface area is 165 Å². The van der Waals surface area contributed by atoms with Crippen LogP contribution >= 0.6 is 0 Å². The molecule has 1 aliphatic heterocycles. The van der Waals surface area contributed by atoms with Crippen LogP contribution < -0.4 is 5.73 Å². The normalized spacial score (nSPS) is 18.8. The molecule has 0 aliphatic carbocycles. The first-order valence-electron chi connectivity index (χ1n) is 10.6. The number of piperidine rings is 1. The molecule has 0 saturated carbocycles. The Balaban J connectivity index is 1.66. The Morgan fingerprint density at radius 2 is 1.89 bits per heavy atom. The number of rotatable bonds is 10. The van der Waals surface area contributed by atoms with Crippen molar-refractivity contribution in [3.8, 4) is 0 Å². The third kappa shape index (κ3) is 7.16. The molecule has 156 valence electrons. The van der Waals surface area contributed by atoms with E-state index in [9.17, 15) is 0 Å². The maximum absolute atomic E-state index is 6.12. The molecule has 0 spiro atoms. The van der Waals surface area contributed by atoms with Crippen LogP contribution in [0.1, 0.15) is 84.9 Å². The molecule has 1 saturated heterocycles. The van der Waals surface area contributed by atoms with Gasteiger partial charge in [-0.1, -0.05) is 25.0 Å². The van der Waals surface area contributed by atoms with Crippen molar-refractivity contribution in [3.63, 3.8) is 0 Å². The summed E-state index contributed by atoms with van der Waals surface area (Å²) in [5, 5.41) is 8.58. The predicted molar refractivity (Wildman–Crippen MR) is 111 cm³/mol. The Morgan fingerprint density at radius 3 is 2.44 bits per heavy atom. The minimum atomic E-state index is -0.423. The summed E-state index contributed by atoms with van der Waals surface area (Å²) in [6.45, 7) is 14.2. The SMILES string of the molecule is COC(C)(C)CCCC(C)CCN1CCC(n2cc(C(C)(C)N)nn2)CC1. The summed E-state index contributed by atoms with van der Waals surface area (Å²) in [6.07, 6.45) is 9.28. The van der Waals surface area contributed by atoms with Gasteiger partial charge in [-0.15, -0.1) is 5.10 Å².